The molecule has 112 valence electrons. The minimum absolute atomic E-state index is 0.0150. The summed E-state index contributed by atoms with van der Waals surface area (Å²) in [6.45, 7) is 7.72. The number of aromatic nitrogens is 1. The fourth-order valence-electron chi connectivity index (χ4n) is 2.58. The van der Waals surface area contributed by atoms with Gasteiger partial charge in [0.1, 0.15) is 11.1 Å². The van der Waals surface area contributed by atoms with Gasteiger partial charge in [-0.3, -0.25) is 4.79 Å². The van der Waals surface area contributed by atoms with Crippen LogP contribution in [-0.4, -0.2) is 22.2 Å². The van der Waals surface area contributed by atoms with Crippen LogP contribution in [0.3, 0.4) is 0 Å². The zero-order valence-electron chi connectivity index (χ0n) is 13.0. The van der Waals surface area contributed by atoms with Crippen molar-refractivity contribution in [3.05, 3.63) is 22.4 Å². The van der Waals surface area contributed by atoms with E-state index in [2.05, 4.69) is 16.4 Å². The second-order valence-corrected chi connectivity index (χ2v) is 7.06. The average molecular weight is 303 g/mol. The van der Waals surface area contributed by atoms with Gasteiger partial charge in [0.2, 0.25) is 5.91 Å². The molecular formula is C16H21N3OS. The number of carbonyl (C=O) groups excluding carboxylic acids is 1. The first kappa shape index (κ1) is 15.8. The molecule has 2 rings (SSSR count). The van der Waals surface area contributed by atoms with E-state index in [9.17, 15) is 10.1 Å². The van der Waals surface area contributed by atoms with Crippen LogP contribution in [0.25, 0.3) is 0 Å². The molecule has 1 heterocycles. The van der Waals surface area contributed by atoms with Gasteiger partial charge in [0.05, 0.1) is 10.8 Å². The van der Waals surface area contributed by atoms with Crippen molar-refractivity contribution in [2.45, 2.75) is 63.3 Å². The Balaban J connectivity index is 2.26. The number of amides is 1. The average Bonchev–Trinajstić information content (AvgIpc) is 2.86. The van der Waals surface area contributed by atoms with E-state index >= 15 is 0 Å². The molecule has 1 amide bonds. The number of rotatable bonds is 4. The molecule has 1 aliphatic rings. The third-order valence-electron chi connectivity index (χ3n) is 3.67. The van der Waals surface area contributed by atoms with E-state index in [-0.39, 0.29) is 17.2 Å². The normalized spacial score (nSPS) is 14.7. The van der Waals surface area contributed by atoms with Crippen molar-refractivity contribution in [2.75, 3.05) is 0 Å². The monoisotopic (exact) mass is 303 g/mol. The highest BCUT2D eigenvalue weighted by atomic mass is 32.2. The molecule has 0 fully saturated rings. The van der Waals surface area contributed by atoms with E-state index < -0.39 is 0 Å². The predicted octanol–water partition coefficient (Wildman–Crippen LogP) is 2.76. The van der Waals surface area contributed by atoms with Gasteiger partial charge in [-0.2, -0.15) is 5.26 Å². The highest BCUT2D eigenvalue weighted by Gasteiger charge is 2.24. The van der Waals surface area contributed by atoms with Gasteiger partial charge in [-0.05, 0) is 58.1 Å². The summed E-state index contributed by atoms with van der Waals surface area (Å²) in [6.07, 6.45) is 3.09. The summed E-state index contributed by atoms with van der Waals surface area (Å²) in [5.74, 6) is -0.0150. The lowest BCUT2D eigenvalue weighted by atomic mass is 10.0. The molecule has 0 bridgehead atoms. The first-order valence-corrected chi connectivity index (χ1v) is 8.21. The Kier molecular flexibility index (Phi) is 4.89. The largest absolute Gasteiger partial charge is 0.353 e. The van der Waals surface area contributed by atoms with Crippen LogP contribution in [0.1, 0.15) is 49.6 Å². The van der Waals surface area contributed by atoms with Crippen molar-refractivity contribution in [3.8, 4) is 6.07 Å². The van der Waals surface area contributed by atoms with E-state index in [1.54, 1.807) is 0 Å². The van der Waals surface area contributed by atoms with Crippen molar-refractivity contribution < 1.29 is 4.79 Å². The molecule has 21 heavy (non-hydrogen) atoms. The summed E-state index contributed by atoms with van der Waals surface area (Å²) < 4.78 is 0. The van der Waals surface area contributed by atoms with Crippen molar-refractivity contribution in [3.63, 3.8) is 0 Å². The topological polar surface area (TPSA) is 65.8 Å². The number of nitriles is 1. The van der Waals surface area contributed by atoms with Crippen molar-refractivity contribution in [1.82, 2.24) is 10.3 Å². The predicted molar refractivity (Wildman–Crippen MR) is 84.3 cm³/mol. The van der Waals surface area contributed by atoms with Gasteiger partial charge >= 0.3 is 0 Å². The van der Waals surface area contributed by atoms with Crippen LogP contribution in [0.15, 0.2) is 5.03 Å². The van der Waals surface area contributed by atoms with Crippen molar-refractivity contribution >= 4 is 17.7 Å². The maximum atomic E-state index is 12.0. The molecule has 0 saturated heterocycles. The number of fused-ring (bicyclic) bond motifs is 1. The molecule has 1 aliphatic carbocycles. The summed E-state index contributed by atoms with van der Waals surface area (Å²) >= 11 is 1.38. The Morgan fingerprint density at radius 3 is 2.71 bits per heavy atom. The summed E-state index contributed by atoms with van der Waals surface area (Å²) in [5, 5.41) is 12.8. The molecular weight excluding hydrogens is 282 g/mol. The number of thioether (sulfide) groups is 1. The SMILES string of the molecule is Cc1c(C#N)c(SC(C)C(=O)NC(C)C)nc2c1CCC2. The number of pyridine rings is 1. The maximum Gasteiger partial charge on any atom is 0.233 e. The van der Waals surface area contributed by atoms with Gasteiger partial charge in [0, 0.05) is 11.7 Å². The number of nitrogens with zero attached hydrogens (tertiary/aromatic N) is 2. The first-order valence-electron chi connectivity index (χ1n) is 7.33. The van der Waals surface area contributed by atoms with Gasteiger partial charge in [-0.1, -0.05) is 11.8 Å². The summed E-state index contributed by atoms with van der Waals surface area (Å²) in [7, 11) is 0. The Labute approximate surface area is 130 Å². The van der Waals surface area contributed by atoms with Gasteiger partial charge in [0.25, 0.3) is 0 Å². The summed E-state index contributed by atoms with van der Waals surface area (Å²) in [4.78, 5) is 16.7. The second-order valence-electron chi connectivity index (χ2n) is 5.73. The smallest absolute Gasteiger partial charge is 0.233 e. The minimum atomic E-state index is -0.258. The van der Waals surface area contributed by atoms with Gasteiger partial charge < -0.3 is 5.32 Å². The lowest BCUT2D eigenvalue weighted by Crippen LogP contribution is -2.36. The van der Waals surface area contributed by atoms with Gasteiger partial charge in [-0.25, -0.2) is 4.98 Å². The maximum absolute atomic E-state index is 12.0. The third kappa shape index (κ3) is 3.38. The molecule has 0 aliphatic heterocycles. The van der Waals surface area contributed by atoms with Crippen LogP contribution >= 0.6 is 11.8 Å². The van der Waals surface area contributed by atoms with Crippen LogP contribution in [0.4, 0.5) is 0 Å². The van der Waals surface area contributed by atoms with E-state index in [0.717, 1.165) is 30.5 Å². The molecule has 5 heteroatoms. The van der Waals surface area contributed by atoms with Crippen molar-refractivity contribution in [1.29, 1.82) is 5.26 Å². The van der Waals surface area contributed by atoms with Crippen LogP contribution in [0.5, 0.6) is 0 Å². The van der Waals surface area contributed by atoms with Crippen molar-refractivity contribution in [2.24, 2.45) is 0 Å². The molecule has 0 aromatic carbocycles. The van der Waals surface area contributed by atoms with Crippen LogP contribution < -0.4 is 5.32 Å². The molecule has 1 aromatic rings. The standard InChI is InChI=1S/C16H21N3OS/c1-9(2)18-15(20)11(4)21-16-13(8-17)10(3)12-6-5-7-14(12)19-16/h9,11H,5-7H2,1-4H3,(H,18,20). The number of aryl methyl sites for hydroxylation is 1. The van der Waals surface area contributed by atoms with E-state index in [1.807, 2.05) is 27.7 Å². The fraction of sp³-hybridized carbons (Fsp3) is 0.562. The Bertz CT molecular complexity index is 605. The lowest BCUT2D eigenvalue weighted by Gasteiger charge is -2.16. The second kappa shape index (κ2) is 6.48. The molecule has 1 unspecified atom stereocenters. The summed E-state index contributed by atoms with van der Waals surface area (Å²) in [6, 6.07) is 2.38. The third-order valence-corrected chi connectivity index (χ3v) is 4.75. The number of hydrogen-bond donors (Lipinski definition) is 1. The Morgan fingerprint density at radius 2 is 2.10 bits per heavy atom. The molecule has 1 aromatic heterocycles. The molecule has 0 radical (unpaired) electrons. The molecule has 1 N–H and O–H groups in total. The van der Waals surface area contributed by atoms with E-state index in [0.29, 0.717) is 10.6 Å². The lowest BCUT2D eigenvalue weighted by molar-refractivity contribution is -0.120. The van der Waals surface area contributed by atoms with Crippen LogP contribution in [-0.2, 0) is 17.6 Å². The Morgan fingerprint density at radius 1 is 1.38 bits per heavy atom. The first-order chi connectivity index (χ1) is 9.93. The van der Waals surface area contributed by atoms with E-state index in [1.165, 1.54) is 17.3 Å². The Hall–Kier alpha value is -1.54. The molecule has 4 nitrogen and oxygen atoms in total. The highest BCUT2D eigenvalue weighted by Crippen LogP contribution is 2.33. The van der Waals surface area contributed by atoms with Crippen LogP contribution in [0, 0.1) is 18.3 Å². The quantitative estimate of drug-likeness (QED) is 0.869. The van der Waals surface area contributed by atoms with Gasteiger partial charge in [0.15, 0.2) is 0 Å². The molecule has 0 spiro atoms. The highest BCUT2D eigenvalue weighted by molar-refractivity contribution is 8.00. The molecule has 0 saturated carbocycles. The summed E-state index contributed by atoms with van der Waals surface area (Å²) in [5.41, 5.74) is 4.00. The van der Waals surface area contributed by atoms with Gasteiger partial charge in [-0.15, -0.1) is 0 Å². The van der Waals surface area contributed by atoms with Crippen LogP contribution in [0.2, 0.25) is 0 Å². The zero-order valence-corrected chi connectivity index (χ0v) is 13.8. The molecule has 1 atom stereocenters. The number of nitrogens with one attached hydrogen (secondary N) is 1. The number of carbonyl (C=O) groups is 1. The van der Waals surface area contributed by atoms with E-state index in [4.69, 9.17) is 0 Å². The fourth-order valence-corrected chi connectivity index (χ4v) is 3.57. The minimum Gasteiger partial charge on any atom is -0.353 e. The number of hydrogen-bond acceptors (Lipinski definition) is 4. The zero-order chi connectivity index (χ0) is 15.6.